The third-order valence-corrected chi connectivity index (χ3v) is 11.0. The van der Waals surface area contributed by atoms with Gasteiger partial charge in [0, 0.05) is 33.4 Å². The van der Waals surface area contributed by atoms with Crippen molar-refractivity contribution in [2.24, 2.45) is 0 Å². The largest absolute Gasteiger partial charge is 0.455 e. The Balaban J connectivity index is 1.07. The van der Waals surface area contributed by atoms with E-state index in [1.54, 1.807) is 0 Å². The van der Waals surface area contributed by atoms with Crippen LogP contribution in [0.1, 0.15) is 0 Å². The summed E-state index contributed by atoms with van der Waals surface area (Å²) in [5.41, 5.74) is 9.68. The van der Waals surface area contributed by atoms with Gasteiger partial charge in [-0.25, -0.2) is 0 Å². The van der Waals surface area contributed by atoms with E-state index in [1.165, 1.54) is 54.2 Å². The average Bonchev–Trinajstić information content (AvgIpc) is 3.63. The first-order valence-electron chi connectivity index (χ1n) is 18.5. The molecule has 0 saturated heterocycles. The highest BCUT2D eigenvalue weighted by Gasteiger charge is 2.18. The molecule has 2 nitrogen and oxygen atoms in total. The number of benzene rings is 10. The molecule has 1 heterocycles. The summed E-state index contributed by atoms with van der Waals surface area (Å²) in [7, 11) is 0. The number of rotatable bonds is 5. The van der Waals surface area contributed by atoms with Crippen molar-refractivity contribution in [1.29, 1.82) is 0 Å². The number of furan rings is 1. The number of anilines is 3. The number of para-hydroxylation sites is 2. The second-order valence-electron chi connectivity index (χ2n) is 14.1. The fourth-order valence-corrected chi connectivity index (χ4v) is 8.46. The van der Waals surface area contributed by atoms with E-state index in [-0.39, 0.29) is 0 Å². The molecular weight excluding hydrogens is 655 g/mol. The Morgan fingerprint density at radius 1 is 0.296 bits per heavy atom. The molecule has 11 rings (SSSR count). The lowest BCUT2D eigenvalue weighted by molar-refractivity contribution is 0.670. The maximum atomic E-state index is 6.49. The van der Waals surface area contributed by atoms with Gasteiger partial charge in [-0.05, 0) is 102 Å². The van der Waals surface area contributed by atoms with Crippen molar-refractivity contribution in [3.05, 3.63) is 200 Å². The van der Waals surface area contributed by atoms with Gasteiger partial charge in [0.1, 0.15) is 11.2 Å². The van der Waals surface area contributed by atoms with Gasteiger partial charge in [0.15, 0.2) is 0 Å². The molecule has 1 aromatic heterocycles. The molecular formula is C52H33NO. The van der Waals surface area contributed by atoms with Gasteiger partial charge in [-0.3, -0.25) is 0 Å². The molecule has 0 aliphatic rings. The minimum atomic E-state index is 0.904. The Morgan fingerprint density at radius 2 is 0.870 bits per heavy atom. The molecule has 0 aliphatic heterocycles. The fraction of sp³-hybridized carbons (Fsp3) is 0. The van der Waals surface area contributed by atoms with Crippen molar-refractivity contribution in [2.45, 2.75) is 0 Å². The van der Waals surface area contributed by atoms with Crippen LogP contribution in [0.25, 0.3) is 87.3 Å². The molecule has 2 heteroatoms. The van der Waals surface area contributed by atoms with Crippen LogP contribution in [0.15, 0.2) is 205 Å². The summed E-state index contributed by atoms with van der Waals surface area (Å²) < 4.78 is 6.49. The van der Waals surface area contributed by atoms with Crippen molar-refractivity contribution in [3.8, 4) is 22.3 Å². The summed E-state index contributed by atoms with van der Waals surface area (Å²) in [6.45, 7) is 0. The molecule has 54 heavy (non-hydrogen) atoms. The lowest BCUT2D eigenvalue weighted by Crippen LogP contribution is -2.10. The van der Waals surface area contributed by atoms with Crippen LogP contribution in [0.5, 0.6) is 0 Å². The average molecular weight is 688 g/mol. The lowest BCUT2D eigenvalue weighted by Gasteiger charge is -2.27. The number of nitrogens with zero attached hydrogens (tertiary/aromatic N) is 1. The minimum absolute atomic E-state index is 0.904. The highest BCUT2D eigenvalue weighted by Crippen LogP contribution is 2.42. The highest BCUT2D eigenvalue weighted by atomic mass is 16.3. The van der Waals surface area contributed by atoms with Gasteiger partial charge in [0.2, 0.25) is 0 Å². The molecule has 252 valence electrons. The predicted molar refractivity (Wildman–Crippen MR) is 229 cm³/mol. The first kappa shape index (κ1) is 30.5. The second-order valence-corrected chi connectivity index (χ2v) is 14.1. The van der Waals surface area contributed by atoms with Gasteiger partial charge >= 0.3 is 0 Å². The van der Waals surface area contributed by atoms with E-state index in [9.17, 15) is 0 Å². The van der Waals surface area contributed by atoms with Gasteiger partial charge in [-0.1, -0.05) is 158 Å². The lowest BCUT2D eigenvalue weighted by atomic mass is 9.94. The monoisotopic (exact) mass is 687 g/mol. The Morgan fingerprint density at radius 3 is 1.70 bits per heavy atom. The summed E-state index contributed by atoms with van der Waals surface area (Å²) in [6.07, 6.45) is 0. The van der Waals surface area contributed by atoms with Crippen LogP contribution in [0.2, 0.25) is 0 Å². The molecule has 0 unspecified atom stereocenters. The third kappa shape index (κ3) is 4.88. The van der Waals surface area contributed by atoms with Crippen LogP contribution in [-0.2, 0) is 0 Å². The Bertz CT molecular complexity index is 3230. The van der Waals surface area contributed by atoms with Crippen LogP contribution >= 0.6 is 0 Å². The zero-order valence-electron chi connectivity index (χ0n) is 29.4. The van der Waals surface area contributed by atoms with Crippen LogP contribution in [0.4, 0.5) is 17.1 Å². The Kier molecular flexibility index (Phi) is 6.90. The van der Waals surface area contributed by atoms with E-state index in [0.717, 1.165) is 50.1 Å². The van der Waals surface area contributed by atoms with E-state index in [1.807, 2.05) is 12.1 Å². The molecule has 11 aromatic rings. The van der Waals surface area contributed by atoms with Crippen LogP contribution < -0.4 is 4.90 Å². The van der Waals surface area contributed by atoms with Gasteiger partial charge in [0.05, 0.1) is 0 Å². The maximum absolute atomic E-state index is 6.49. The van der Waals surface area contributed by atoms with Gasteiger partial charge in [-0.2, -0.15) is 0 Å². The van der Waals surface area contributed by atoms with E-state index in [2.05, 4.69) is 193 Å². The van der Waals surface area contributed by atoms with E-state index >= 15 is 0 Å². The van der Waals surface area contributed by atoms with E-state index in [0.29, 0.717) is 0 Å². The van der Waals surface area contributed by atoms with Gasteiger partial charge < -0.3 is 9.32 Å². The van der Waals surface area contributed by atoms with Crippen molar-refractivity contribution in [1.82, 2.24) is 0 Å². The first-order valence-corrected chi connectivity index (χ1v) is 18.5. The normalized spacial score (nSPS) is 11.7. The van der Waals surface area contributed by atoms with Crippen LogP contribution in [0.3, 0.4) is 0 Å². The smallest absolute Gasteiger partial charge is 0.143 e. The molecule has 0 saturated carbocycles. The maximum Gasteiger partial charge on any atom is 0.143 e. The van der Waals surface area contributed by atoms with Crippen molar-refractivity contribution in [3.63, 3.8) is 0 Å². The molecule has 0 amide bonds. The molecule has 0 N–H and O–H groups in total. The molecule has 0 spiro atoms. The van der Waals surface area contributed by atoms with Crippen molar-refractivity contribution >= 4 is 82.1 Å². The standard InChI is InChI=1S/C52H33NO/c1-3-14-42-34(10-1)22-23-38-33-41(29-31-45(38)42)53(40-13-7-12-37(32-40)46-18-9-20-50-49-16-5-6-21-51(49)54-52(46)50)39-27-24-36(25-28-39)44-17-8-19-47-43-15-4-2-11-35(43)26-30-48(44)47/h1-33H. The number of hydrogen-bond donors (Lipinski definition) is 0. The summed E-state index contributed by atoms with van der Waals surface area (Å²) >= 11 is 0. The third-order valence-electron chi connectivity index (χ3n) is 11.0. The van der Waals surface area contributed by atoms with Crippen molar-refractivity contribution < 1.29 is 4.42 Å². The summed E-state index contributed by atoms with van der Waals surface area (Å²) in [5, 5.41) is 12.3. The fourth-order valence-electron chi connectivity index (χ4n) is 8.46. The summed E-state index contributed by atoms with van der Waals surface area (Å²) in [6, 6.07) is 72.3. The quantitative estimate of drug-likeness (QED) is 0.168. The molecule has 0 aliphatic carbocycles. The minimum Gasteiger partial charge on any atom is -0.455 e. The van der Waals surface area contributed by atoms with Gasteiger partial charge in [-0.15, -0.1) is 0 Å². The predicted octanol–water partition coefficient (Wildman–Crippen LogP) is 15.0. The second kappa shape index (κ2) is 12.2. The number of hydrogen-bond acceptors (Lipinski definition) is 2. The summed E-state index contributed by atoms with van der Waals surface area (Å²) in [5.74, 6) is 0. The first-order chi connectivity index (χ1) is 26.8. The summed E-state index contributed by atoms with van der Waals surface area (Å²) in [4.78, 5) is 2.37. The SMILES string of the molecule is c1cc(-c2cccc3c2oc2ccccc23)cc(N(c2ccc(-c3cccc4c3ccc3ccccc34)cc2)c2ccc3c(ccc4ccccc43)c2)c1. The van der Waals surface area contributed by atoms with Crippen molar-refractivity contribution in [2.75, 3.05) is 4.90 Å². The van der Waals surface area contributed by atoms with Crippen LogP contribution in [0, 0.1) is 0 Å². The van der Waals surface area contributed by atoms with Gasteiger partial charge in [0.25, 0.3) is 0 Å². The molecule has 0 radical (unpaired) electrons. The van der Waals surface area contributed by atoms with E-state index in [4.69, 9.17) is 4.42 Å². The molecule has 10 aromatic carbocycles. The van der Waals surface area contributed by atoms with Crippen LogP contribution in [-0.4, -0.2) is 0 Å². The molecule has 0 fully saturated rings. The highest BCUT2D eigenvalue weighted by molar-refractivity contribution is 6.13. The number of fused-ring (bicyclic) bond motifs is 9. The topological polar surface area (TPSA) is 16.4 Å². The van der Waals surface area contributed by atoms with E-state index < -0.39 is 0 Å². The zero-order chi connectivity index (χ0) is 35.6. The Labute approximate surface area is 312 Å². The molecule has 0 atom stereocenters. The molecule has 0 bridgehead atoms. The Hall–Kier alpha value is -7.16. The zero-order valence-corrected chi connectivity index (χ0v) is 29.4.